The van der Waals surface area contributed by atoms with Crippen LogP contribution in [0.3, 0.4) is 0 Å². The van der Waals surface area contributed by atoms with E-state index in [2.05, 4.69) is 141 Å². The van der Waals surface area contributed by atoms with Crippen molar-refractivity contribution in [2.45, 2.75) is 13.8 Å². The summed E-state index contributed by atoms with van der Waals surface area (Å²) in [7, 11) is -0.744. The van der Waals surface area contributed by atoms with Crippen molar-refractivity contribution in [2.75, 3.05) is 0 Å². The number of halogens is 2. The van der Waals surface area contributed by atoms with Crippen LogP contribution in [0, 0.1) is 13.8 Å². The minimum Gasteiger partial charge on any atom is -1.00 e. The summed E-state index contributed by atoms with van der Waals surface area (Å²) in [5.41, 5.74) is 5.24. The van der Waals surface area contributed by atoms with Crippen LogP contribution in [0.4, 0.5) is 0 Å². The molecule has 0 atom stereocenters. The summed E-state index contributed by atoms with van der Waals surface area (Å²) in [6.45, 7) is 4.32. The first-order chi connectivity index (χ1) is 17.2. The molecular formula is C34H27Cl2PRu. The number of rotatable bonds is 4. The molecule has 0 saturated carbocycles. The molecule has 0 bridgehead atoms. The molecule has 6 aromatic rings. The molecule has 0 heterocycles. The molecule has 38 heavy (non-hydrogen) atoms. The molecule has 0 saturated heterocycles. The summed E-state index contributed by atoms with van der Waals surface area (Å²) in [4.78, 5) is 0. The van der Waals surface area contributed by atoms with Crippen LogP contribution in [0.2, 0.25) is 0 Å². The Morgan fingerprint density at radius 3 is 1.50 bits per heavy atom. The van der Waals surface area contributed by atoms with Crippen LogP contribution < -0.4 is 40.7 Å². The van der Waals surface area contributed by atoms with Crippen molar-refractivity contribution in [2.24, 2.45) is 0 Å². The van der Waals surface area contributed by atoms with E-state index in [1.165, 1.54) is 59.7 Å². The molecule has 0 aliphatic rings. The van der Waals surface area contributed by atoms with E-state index in [4.69, 9.17) is 0 Å². The molecule has 0 unspecified atom stereocenters. The van der Waals surface area contributed by atoms with E-state index in [0.29, 0.717) is 0 Å². The van der Waals surface area contributed by atoms with Crippen LogP contribution in [-0.2, 0) is 19.5 Å². The summed E-state index contributed by atoms with van der Waals surface area (Å²) in [5, 5.41) is 9.34. The Balaban J connectivity index is 0.00000133. The van der Waals surface area contributed by atoms with E-state index < -0.39 is 7.92 Å². The number of aryl methyl sites for hydroxylation is 2. The SMILES string of the molecule is Cc1ccc(P(c2ccc(C)cc2)c2ccc3ccccc3c2-c2cccc3ccccc23)cc1.[Cl-].[Cl-].[Ru+2]. The van der Waals surface area contributed by atoms with Crippen molar-refractivity contribution < 1.29 is 44.3 Å². The summed E-state index contributed by atoms with van der Waals surface area (Å²) in [6, 6.07) is 47.2. The van der Waals surface area contributed by atoms with E-state index in [1.54, 1.807) is 0 Å². The van der Waals surface area contributed by atoms with Crippen molar-refractivity contribution in [3.05, 3.63) is 139 Å². The molecule has 4 heteroatoms. The van der Waals surface area contributed by atoms with Crippen LogP contribution in [-0.4, -0.2) is 0 Å². The topological polar surface area (TPSA) is 0 Å². The molecule has 0 amide bonds. The Morgan fingerprint density at radius 2 is 0.921 bits per heavy atom. The summed E-state index contributed by atoms with van der Waals surface area (Å²) in [6.07, 6.45) is 0. The largest absolute Gasteiger partial charge is 2.00 e. The number of hydrogen-bond acceptors (Lipinski definition) is 0. The molecule has 0 spiro atoms. The van der Waals surface area contributed by atoms with E-state index >= 15 is 0 Å². The van der Waals surface area contributed by atoms with Gasteiger partial charge in [-0.25, -0.2) is 0 Å². The zero-order chi connectivity index (χ0) is 23.8. The van der Waals surface area contributed by atoms with Gasteiger partial charge in [-0.3, -0.25) is 0 Å². The van der Waals surface area contributed by atoms with Gasteiger partial charge < -0.3 is 24.8 Å². The molecule has 190 valence electrons. The fourth-order valence-electron chi connectivity index (χ4n) is 4.99. The zero-order valence-electron chi connectivity index (χ0n) is 21.2. The van der Waals surface area contributed by atoms with Gasteiger partial charge in [0.25, 0.3) is 0 Å². The van der Waals surface area contributed by atoms with Crippen molar-refractivity contribution in [1.29, 1.82) is 0 Å². The average Bonchev–Trinajstić information content (AvgIpc) is 2.90. The Hall–Kier alpha value is -2.53. The Labute approximate surface area is 251 Å². The Morgan fingerprint density at radius 1 is 0.447 bits per heavy atom. The van der Waals surface area contributed by atoms with Gasteiger partial charge in [0.2, 0.25) is 0 Å². The predicted molar refractivity (Wildman–Crippen MR) is 155 cm³/mol. The molecule has 0 aliphatic carbocycles. The third-order valence-corrected chi connectivity index (χ3v) is 9.27. The second kappa shape index (κ2) is 13.0. The van der Waals surface area contributed by atoms with Gasteiger partial charge in [0.05, 0.1) is 0 Å². The quantitative estimate of drug-likeness (QED) is 0.205. The first-order valence-corrected chi connectivity index (χ1v) is 13.5. The molecular weight excluding hydrogens is 611 g/mol. The number of hydrogen-bond donors (Lipinski definition) is 0. The van der Waals surface area contributed by atoms with Gasteiger partial charge in [-0.15, -0.1) is 0 Å². The standard InChI is InChI=1S/C34H27P.2ClH.Ru/c1-24-14-19-28(20-15-24)35(29-21-16-25(2)17-22-29)33-23-18-27-9-4-6-12-31(27)34(33)32-13-7-10-26-8-3-5-11-30(26)32;;;/h3-23H,1-2H3;2*1H;/q;;;+2/p-2. The molecule has 0 aromatic heterocycles. The maximum atomic E-state index is 2.38. The van der Waals surface area contributed by atoms with Crippen molar-refractivity contribution in [3.8, 4) is 11.1 Å². The van der Waals surface area contributed by atoms with E-state index in [-0.39, 0.29) is 44.3 Å². The maximum absolute atomic E-state index is 2.38. The second-order valence-corrected chi connectivity index (χ2v) is 11.4. The first-order valence-electron chi connectivity index (χ1n) is 12.1. The fourth-order valence-corrected chi connectivity index (χ4v) is 7.42. The van der Waals surface area contributed by atoms with Gasteiger partial charge in [-0.1, -0.05) is 139 Å². The average molecular weight is 639 g/mol. The van der Waals surface area contributed by atoms with Gasteiger partial charge in [0.15, 0.2) is 0 Å². The fraction of sp³-hybridized carbons (Fsp3) is 0.0588. The van der Waals surface area contributed by atoms with Crippen molar-refractivity contribution in [1.82, 2.24) is 0 Å². The smallest absolute Gasteiger partial charge is 1.00 e. The number of fused-ring (bicyclic) bond motifs is 2. The van der Waals surface area contributed by atoms with Crippen molar-refractivity contribution >= 4 is 45.4 Å². The van der Waals surface area contributed by atoms with Gasteiger partial charge in [0.1, 0.15) is 0 Å². The first kappa shape index (κ1) is 30.0. The Bertz CT molecular complexity index is 1610. The third-order valence-electron chi connectivity index (χ3n) is 6.79. The molecule has 0 aliphatic heterocycles. The summed E-state index contributed by atoms with van der Waals surface area (Å²) < 4.78 is 0. The third kappa shape index (κ3) is 5.73. The maximum Gasteiger partial charge on any atom is 2.00 e. The molecule has 6 aromatic carbocycles. The second-order valence-electron chi connectivity index (χ2n) is 9.21. The van der Waals surface area contributed by atoms with E-state index in [0.717, 1.165) is 0 Å². The monoisotopic (exact) mass is 638 g/mol. The Kier molecular flexibility index (Phi) is 10.3. The summed E-state index contributed by atoms with van der Waals surface area (Å²) >= 11 is 0. The van der Waals surface area contributed by atoms with Gasteiger partial charge >= 0.3 is 19.5 Å². The molecule has 6 rings (SSSR count). The van der Waals surface area contributed by atoms with Crippen LogP contribution in [0.5, 0.6) is 0 Å². The van der Waals surface area contributed by atoms with Gasteiger partial charge in [0, 0.05) is 0 Å². The van der Waals surface area contributed by atoms with Crippen LogP contribution in [0.25, 0.3) is 32.7 Å². The van der Waals surface area contributed by atoms with E-state index in [1.807, 2.05) is 0 Å². The number of benzene rings is 6. The molecule has 0 N–H and O–H groups in total. The summed E-state index contributed by atoms with van der Waals surface area (Å²) in [5.74, 6) is 0. The van der Waals surface area contributed by atoms with Gasteiger partial charge in [-0.2, -0.15) is 0 Å². The predicted octanol–water partition coefficient (Wildman–Crippen LogP) is 2.04. The van der Waals surface area contributed by atoms with Crippen LogP contribution in [0.15, 0.2) is 127 Å². The molecule has 0 radical (unpaired) electrons. The van der Waals surface area contributed by atoms with E-state index in [9.17, 15) is 0 Å². The molecule has 0 fully saturated rings. The van der Waals surface area contributed by atoms with Crippen molar-refractivity contribution in [3.63, 3.8) is 0 Å². The normalized spacial score (nSPS) is 10.5. The van der Waals surface area contributed by atoms with Gasteiger partial charge in [-0.05, 0) is 70.4 Å². The van der Waals surface area contributed by atoms with Crippen LogP contribution >= 0.6 is 7.92 Å². The zero-order valence-corrected chi connectivity index (χ0v) is 25.3. The van der Waals surface area contributed by atoms with Crippen LogP contribution in [0.1, 0.15) is 11.1 Å². The minimum atomic E-state index is -0.744. The minimum absolute atomic E-state index is 0. The molecule has 0 nitrogen and oxygen atoms in total.